The van der Waals surface area contributed by atoms with E-state index in [4.69, 9.17) is 0 Å². The molecule has 21 heavy (non-hydrogen) atoms. The molecule has 0 unspecified atom stereocenters. The zero-order valence-electron chi connectivity index (χ0n) is 13.4. The van der Waals surface area contributed by atoms with Crippen molar-refractivity contribution in [1.82, 2.24) is 19.4 Å². The second-order valence-corrected chi connectivity index (χ2v) is 7.72. The summed E-state index contributed by atoms with van der Waals surface area (Å²) < 4.78 is 29.0. The summed E-state index contributed by atoms with van der Waals surface area (Å²) in [6.45, 7) is 5.25. The van der Waals surface area contributed by atoms with Gasteiger partial charge in [0.1, 0.15) is 4.90 Å². The largest absolute Gasteiger partial charge is 0.320 e. The third-order valence-electron chi connectivity index (χ3n) is 4.34. The average molecular weight is 314 g/mol. The minimum atomic E-state index is -3.44. The standard InChI is InChI=1S/C14H26N4O2S/c1-11-14(12(2)18(16-11)10-6-9-15-3)21(19,20)17(4)13-7-5-8-13/h13,15H,5-10H2,1-4H3. The molecule has 6 nitrogen and oxygen atoms in total. The highest BCUT2D eigenvalue weighted by atomic mass is 32.2. The third-order valence-corrected chi connectivity index (χ3v) is 6.50. The number of nitrogens with one attached hydrogen (secondary N) is 1. The van der Waals surface area contributed by atoms with Crippen molar-refractivity contribution in [3.8, 4) is 0 Å². The fraction of sp³-hybridized carbons (Fsp3) is 0.786. The van der Waals surface area contributed by atoms with Crippen LogP contribution in [0.3, 0.4) is 0 Å². The van der Waals surface area contributed by atoms with E-state index in [1.165, 1.54) is 4.31 Å². The molecule has 0 saturated heterocycles. The van der Waals surface area contributed by atoms with Crippen LogP contribution in [-0.4, -0.2) is 49.2 Å². The molecule has 7 heteroatoms. The summed E-state index contributed by atoms with van der Waals surface area (Å²) in [5, 5.41) is 7.51. The predicted octanol–water partition coefficient (Wildman–Crippen LogP) is 1.28. The highest BCUT2D eigenvalue weighted by molar-refractivity contribution is 7.89. The summed E-state index contributed by atoms with van der Waals surface area (Å²) in [7, 11) is 0.162. The Kier molecular flexibility index (Phi) is 5.06. The van der Waals surface area contributed by atoms with Gasteiger partial charge in [0.05, 0.1) is 11.4 Å². The molecule has 2 rings (SSSR count). The quantitative estimate of drug-likeness (QED) is 0.770. The Balaban J connectivity index is 2.26. The van der Waals surface area contributed by atoms with Gasteiger partial charge in [-0.05, 0) is 46.7 Å². The van der Waals surface area contributed by atoms with Crippen LogP contribution >= 0.6 is 0 Å². The lowest BCUT2D eigenvalue weighted by Gasteiger charge is -2.33. The van der Waals surface area contributed by atoms with Crippen LogP contribution in [0.1, 0.15) is 37.1 Å². The van der Waals surface area contributed by atoms with Gasteiger partial charge in [-0.2, -0.15) is 9.40 Å². The van der Waals surface area contributed by atoms with Crippen molar-refractivity contribution in [2.24, 2.45) is 0 Å². The lowest BCUT2D eigenvalue weighted by molar-refractivity contribution is 0.249. The molecule has 1 aromatic heterocycles. The Bertz CT molecular complexity index is 590. The van der Waals surface area contributed by atoms with Crippen LogP contribution < -0.4 is 5.32 Å². The van der Waals surface area contributed by atoms with Gasteiger partial charge in [0.25, 0.3) is 0 Å². The molecule has 1 heterocycles. The van der Waals surface area contributed by atoms with Crippen LogP contribution in [0.5, 0.6) is 0 Å². The van der Waals surface area contributed by atoms with E-state index in [0.29, 0.717) is 10.6 Å². The van der Waals surface area contributed by atoms with Crippen molar-refractivity contribution >= 4 is 10.0 Å². The van der Waals surface area contributed by atoms with E-state index in [2.05, 4.69) is 10.4 Å². The molecule has 1 saturated carbocycles. The van der Waals surface area contributed by atoms with Gasteiger partial charge >= 0.3 is 0 Å². The molecule has 1 aromatic rings. The van der Waals surface area contributed by atoms with Crippen molar-refractivity contribution < 1.29 is 8.42 Å². The van der Waals surface area contributed by atoms with Gasteiger partial charge in [-0.1, -0.05) is 6.42 Å². The van der Waals surface area contributed by atoms with Gasteiger partial charge in [0.2, 0.25) is 10.0 Å². The Hall–Kier alpha value is -0.920. The van der Waals surface area contributed by atoms with Crippen LogP contribution in [0.15, 0.2) is 4.90 Å². The van der Waals surface area contributed by atoms with Gasteiger partial charge < -0.3 is 5.32 Å². The van der Waals surface area contributed by atoms with E-state index in [1.807, 2.05) is 18.7 Å². The van der Waals surface area contributed by atoms with Crippen molar-refractivity contribution in [1.29, 1.82) is 0 Å². The van der Waals surface area contributed by atoms with Gasteiger partial charge in [0.15, 0.2) is 0 Å². The van der Waals surface area contributed by atoms with Crippen LogP contribution in [0.2, 0.25) is 0 Å². The van der Waals surface area contributed by atoms with Crippen LogP contribution in [-0.2, 0) is 16.6 Å². The SMILES string of the molecule is CNCCCn1nc(C)c(S(=O)(=O)N(C)C2CCC2)c1C. The van der Waals surface area contributed by atoms with Crippen LogP contribution in [0.25, 0.3) is 0 Å². The Morgan fingerprint density at radius 3 is 2.57 bits per heavy atom. The van der Waals surface area contributed by atoms with E-state index in [9.17, 15) is 8.42 Å². The zero-order valence-corrected chi connectivity index (χ0v) is 14.2. The Labute approximate surface area is 127 Å². The molecule has 1 aliphatic rings. The van der Waals surface area contributed by atoms with Gasteiger partial charge in [0, 0.05) is 19.6 Å². The van der Waals surface area contributed by atoms with Gasteiger partial charge in [-0.15, -0.1) is 0 Å². The second kappa shape index (κ2) is 6.46. The maximum absolute atomic E-state index is 12.8. The summed E-state index contributed by atoms with van der Waals surface area (Å²) in [6, 6.07) is 0.154. The summed E-state index contributed by atoms with van der Waals surface area (Å²) >= 11 is 0. The molecule has 0 bridgehead atoms. The third kappa shape index (κ3) is 3.14. The molecular weight excluding hydrogens is 288 g/mol. The first-order valence-electron chi connectivity index (χ1n) is 7.56. The van der Waals surface area contributed by atoms with Crippen molar-refractivity contribution in [3.05, 3.63) is 11.4 Å². The maximum Gasteiger partial charge on any atom is 0.246 e. The number of aryl methyl sites for hydroxylation is 2. The average Bonchev–Trinajstić information content (AvgIpc) is 2.63. The van der Waals surface area contributed by atoms with E-state index < -0.39 is 10.0 Å². The normalized spacial score (nSPS) is 16.4. The maximum atomic E-state index is 12.8. The fourth-order valence-corrected chi connectivity index (χ4v) is 4.55. The van der Waals surface area contributed by atoms with E-state index in [1.54, 1.807) is 14.0 Å². The highest BCUT2D eigenvalue weighted by Gasteiger charge is 2.35. The number of hydrogen-bond acceptors (Lipinski definition) is 4. The number of hydrogen-bond donors (Lipinski definition) is 1. The lowest BCUT2D eigenvalue weighted by atomic mass is 9.94. The molecule has 1 aliphatic carbocycles. The molecule has 0 spiro atoms. The number of nitrogens with zero attached hydrogens (tertiary/aromatic N) is 3. The Morgan fingerprint density at radius 2 is 2.05 bits per heavy atom. The topological polar surface area (TPSA) is 67.2 Å². The number of sulfonamides is 1. The Morgan fingerprint density at radius 1 is 1.38 bits per heavy atom. The molecule has 120 valence electrons. The predicted molar refractivity (Wildman–Crippen MR) is 82.8 cm³/mol. The van der Waals surface area contributed by atoms with E-state index >= 15 is 0 Å². The lowest BCUT2D eigenvalue weighted by Crippen LogP contribution is -2.41. The summed E-state index contributed by atoms with van der Waals surface area (Å²) in [5.74, 6) is 0. The molecule has 0 radical (unpaired) electrons. The first-order chi connectivity index (χ1) is 9.89. The summed E-state index contributed by atoms with van der Waals surface area (Å²) in [5.41, 5.74) is 1.35. The second-order valence-electron chi connectivity index (χ2n) is 5.79. The molecule has 1 N–H and O–H groups in total. The van der Waals surface area contributed by atoms with Crippen LogP contribution in [0, 0.1) is 13.8 Å². The molecule has 0 aromatic carbocycles. The number of rotatable bonds is 7. The number of aromatic nitrogens is 2. The summed E-state index contributed by atoms with van der Waals surface area (Å²) in [4.78, 5) is 0.390. The summed E-state index contributed by atoms with van der Waals surface area (Å²) in [6.07, 6.45) is 3.97. The minimum absolute atomic E-state index is 0.154. The van der Waals surface area contributed by atoms with Gasteiger partial charge in [-0.3, -0.25) is 4.68 Å². The molecule has 1 fully saturated rings. The minimum Gasteiger partial charge on any atom is -0.320 e. The van der Waals surface area contributed by atoms with Crippen molar-refractivity contribution in [2.45, 2.75) is 57.0 Å². The van der Waals surface area contributed by atoms with E-state index in [0.717, 1.165) is 44.5 Å². The molecule has 0 aliphatic heterocycles. The molecular formula is C14H26N4O2S. The van der Waals surface area contributed by atoms with Crippen LogP contribution in [0.4, 0.5) is 0 Å². The fourth-order valence-electron chi connectivity index (χ4n) is 2.77. The zero-order chi connectivity index (χ0) is 15.6. The monoisotopic (exact) mass is 314 g/mol. The van der Waals surface area contributed by atoms with Gasteiger partial charge in [-0.25, -0.2) is 8.42 Å². The van der Waals surface area contributed by atoms with Crippen molar-refractivity contribution in [3.63, 3.8) is 0 Å². The van der Waals surface area contributed by atoms with E-state index in [-0.39, 0.29) is 6.04 Å². The molecule has 0 atom stereocenters. The first kappa shape index (κ1) is 16.5. The van der Waals surface area contributed by atoms with Crippen molar-refractivity contribution in [2.75, 3.05) is 20.6 Å². The molecule has 0 amide bonds. The highest BCUT2D eigenvalue weighted by Crippen LogP contribution is 2.30. The smallest absolute Gasteiger partial charge is 0.246 e. The first-order valence-corrected chi connectivity index (χ1v) is 9.00.